The molecule has 2 aliphatic rings. The van der Waals surface area contributed by atoms with Gasteiger partial charge < -0.3 is 9.80 Å². The molecule has 12 heteroatoms. The van der Waals surface area contributed by atoms with E-state index in [1.54, 1.807) is 4.90 Å². The number of aromatic nitrogens is 4. The molecule has 42 heavy (non-hydrogen) atoms. The summed E-state index contributed by atoms with van der Waals surface area (Å²) in [6.45, 7) is 5.99. The predicted molar refractivity (Wildman–Crippen MR) is 148 cm³/mol. The van der Waals surface area contributed by atoms with Crippen LogP contribution < -0.4 is 9.80 Å². The minimum Gasteiger partial charge on any atom is -0.371 e. The van der Waals surface area contributed by atoms with E-state index in [2.05, 4.69) is 39.4 Å². The van der Waals surface area contributed by atoms with Crippen molar-refractivity contribution in [2.45, 2.75) is 90.8 Å². The van der Waals surface area contributed by atoms with Crippen molar-refractivity contribution >= 4 is 11.6 Å². The van der Waals surface area contributed by atoms with Crippen molar-refractivity contribution in [3.05, 3.63) is 63.7 Å². The highest BCUT2D eigenvalue weighted by Crippen LogP contribution is 2.38. The molecule has 5 rings (SSSR count). The van der Waals surface area contributed by atoms with Crippen molar-refractivity contribution in [3.8, 4) is 0 Å². The molecule has 0 N–H and O–H groups in total. The van der Waals surface area contributed by atoms with Gasteiger partial charge in [0.2, 0.25) is 0 Å². The molecule has 2 aromatic carbocycles. The highest BCUT2D eigenvalue weighted by molar-refractivity contribution is 5.60. The first-order valence-corrected chi connectivity index (χ1v) is 14.6. The van der Waals surface area contributed by atoms with Crippen LogP contribution in [0.2, 0.25) is 0 Å². The maximum atomic E-state index is 13.6. The molecule has 0 unspecified atom stereocenters. The van der Waals surface area contributed by atoms with E-state index in [1.807, 2.05) is 6.92 Å². The van der Waals surface area contributed by atoms with Gasteiger partial charge in [0.1, 0.15) is 0 Å². The van der Waals surface area contributed by atoms with Gasteiger partial charge in [-0.05, 0) is 104 Å². The lowest BCUT2D eigenvalue weighted by atomic mass is 10.0. The minimum absolute atomic E-state index is 0.133. The summed E-state index contributed by atoms with van der Waals surface area (Å²) < 4.78 is 81.9. The number of rotatable bonds is 10. The molecule has 0 spiro atoms. The Morgan fingerprint density at radius 2 is 1.45 bits per heavy atom. The third kappa shape index (κ3) is 6.83. The molecule has 6 nitrogen and oxygen atoms in total. The lowest BCUT2D eigenvalue weighted by molar-refractivity contribution is -0.143. The van der Waals surface area contributed by atoms with Crippen molar-refractivity contribution in [2.24, 2.45) is 5.92 Å². The highest BCUT2D eigenvalue weighted by Gasteiger charge is 2.37. The Kier molecular flexibility index (Phi) is 8.71. The average Bonchev–Trinajstić information content (AvgIpc) is 3.72. The van der Waals surface area contributed by atoms with Gasteiger partial charge in [-0.2, -0.15) is 31.1 Å². The molecule has 1 saturated carbocycles. The van der Waals surface area contributed by atoms with Crippen LogP contribution in [-0.4, -0.2) is 33.3 Å². The summed E-state index contributed by atoms with van der Waals surface area (Å²) in [5.41, 5.74) is 1.71. The molecule has 1 aromatic heterocycles. The first-order chi connectivity index (χ1) is 19.9. The Bertz CT molecular complexity index is 1340. The van der Waals surface area contributed by atoms with Gasteiger partial charge in [0.25, 0.3) is 5.95 Å². The van der Waals surface area contributed by atoms with E-state index in [0.29, 0.717) is 12.5 Å². The van der Waals surface area contributed by atoms with Gasteiger partial charge >= 0.3 is 12.4 Å². The van der Waals surface area contributed by atoms with Crippen molar-refractivity contribution < 1.29 is 26.3 Å². The van der Waals surface area contributed by atoms with E-state index in [9.17, 15) is 26.3 Å². The van der Waals surface area contributed by atoms with Crippen LogP contribution in [0.5, 0.6) is 0 Å². The molecule has 0 amide bonds. The fraction of sp³-hybridized carbons (Fsp3) is 0.567. The summed E-state index contributed by atoms with van der Waals surface area (Å²) in [6.07, 6.45) is -2.07. The van der Waals surface area contributed by atoms with E-state index in [4.69, 9.17) is 0 Å². The summed E-state index contributed by atoms with van der Waals surface area (Å²) in [6, 6.07) is 6.08. The van der Waals surface area contributed by atoms with Gasteiger partial charge in [0, 0.05) is 31.9 Å². The molecule has 0 radical (unpaired) electrons. The molecular formula is C30H36F6N6. The molecule has 1 heterocycles. The standard InChI is InChI=1S/C30H36F6N6/c1-3-40(17-20-8-5-6-9-20)27-15-23-11-7-10-22(23)14-24(27)19-41(28-37-39-42(4-2)38-28)18-21-12-25(29(31,32)33)16-26(13-21)30(34,35)36/h12-16,20H,3-11,17-19H2,1-2H3. The molecule has 0 saturated heterocycles. The zero-order valence-corrected chi connectivity index (χ0v) is 23.9. The zero-order valence-electron chi connectivity index (χ0n) is 23.9. The second-order valence-electron chi connectivity index (χ2n) is 11.3. The van der Waals surface area contributed by atoms with Gasteiger partial charge in [0.05, 0.1) is 17.7 Å². The second-order valence-corrected chi connectivity index (χ2v) is 11.3. The maximum absolute atomic E-state index is 13.6. The Balaban J connectivity index is 1.55. The zero-order chi connectivity index (χ0) is 30.1. The van der Waals surface area contributed by atoms with E-state index >= 15 is 0 Å². The third-order valence-electron chi connectivity index (χ3n) is 8.36. The van der Waals surface area contributed by atoms with E-state index in [-0.39, 0.29) is 30.7 Å². The van der Waals surface area contributed by atoms with Crippen LogP contribution in [0.3, 0.4) is 0 Å². The molecule has 1 fully saturated rings. The monoisotopic (exact) mass is 594 g/mol. The van der Waals surface area contributed by atoms with Gasteiger partial charge in [-0.25, -0.2) is 0 Å². The smallest absolute Gasteiger partial charge is 0.371 e. The SMILES string of the molecule is CCN(CC1CCCC1)c1cc2c(cc1CN(Cc1cc(C(F)(F)F)cc(C(F)(F)F)c1)c1nnn(CC)n1)CCC2. The molecule has 3 aromatic rings. The summed E-state index contributed by atoms with van der Waals surface area (Å²) in [4.78, 5) is 5.33. The molecular weight excluding hydrogens is 558 g/mol. The molecule has 2 aliphatic carbocycles. The van der Waals surface area contributed by atoms with Crippen molar-refractivity contribution in [1.29, 1.82) is 0 Å². The number of benzene rings is 2. The van der Waals surface area contributed by atoms with E-state index < -0.39 is 23.5 Å². The number of hydrogen-bond donors (Lipinski definition) is 0. The molecule has 0 atom stereocenters. The number of fused-ring (bicyclic) bond motifs is 1. The van der Waals surface area contributed by atoms with Crippen LogP contribution in [-0.2, 0) is 44.8 Å². The minimum atomic E-state index is -4.93. The Labute approximate surface area is 241 Å². The normalized spacial score (nSPS) is 15.8. The summed E-state index contributed by atoms with van der Waals surface area (Å²) in [5, 5.41) is 12.5. The Morgan fingerprint density at radius 3 is 2.02 bits per heavy atom. The number of aryl methyl sites for hydroxylation is 3. The third-order valence-corrected chi connectivity index (χ3v) is 8.36. The number of hydrogen-bond acceptors (Lipinski definition) is 5. The number of nitrogens with zero attached hydrogens (tertiary/aromatic N) is 6. The lowest BCUT2D eigenvalue weighted by Gasteiger charge is -2.31. The number of halogens is 6. The van der Waals surface area contributed by atoms with Crippen molar-refractivity contribution in [2.75, 3.05) is 22.9 Å². The van der Waals surface area contributed by atoms with E-state index in [1.165, 1.54) is 41.6 Å². The maximum Gasteiger partial charge on any atom is 0.416 e. The largest absolute Gasteiger partial charge is 0.416 e. The second kappa shape index (κ2) is 12.1. The highest BCUT2D eigenvalue weighted by atomic mass is 19.4. The Hall–Kier alpha value is -3.31. The predicted octanol–water partition coefficient (Wildman–Crippen LogP) is 7.44. The van der Waals surface area contributed by atoms with Crippen LogP contribution in [0.4, 0.5) is 38.0 Å². The quantitative estimate of drug-likeness (QED) is 0.228. The van der Waals surface area contributed by atoms with Crippen molar-refractivity contribution in [3.63, 3.8) is 0 Å². The van der Waals surface area contributed by atoms with Gasteiger partial charge in [0.15, 0.2) is 0 Å². The Morgan fingerprint density at radius 1 is 0.810 bits per heavy atom. The van der Waals surface area contributed by atoms with Gasteiger partial charge in [-0.3, -0.25) is 0 Å². The van der Waals surface area contributed by atoms with Gasteiger partial charge in [-0.1, -0.05) is 24.0 Å². The first-order valence-electron chi connectivity index (χ1n) is 14.6. The van der Waals surface area contributed by atoms with Crippen LogP contribution in [0.25, 0.3) is 0 Å². The summed E-state index contributed by atoms with van der Waals surface area (Å²) >= 11 is 0. The number of anilines is 2. The molecule has 0 bridgehead atoms. The van der Waals surface area contributed by atoms with E-state index in [0.717, 1.165) is 55.7 Å². The van der Waals surface area contributed by atoms with Crippen LogP contribution >= 0.6 is 0 Å². The van der Waals surface area contributed by atoms with Gasteiger partial charge in [-0.15, -0.1) is 5.10 Å². The van der Waals surface area contributed by atoms with Crippen LogP contribution in [0.15, 0.2) is 30.3 Å². The molecule has 0 aliphatic heterocycles. The fourth-order valence-corrected chi connectivity index (χ4v) is 6.21. The number of tetrazole rings is 1. The first kappa shape index (κ1) is 30.2. The number of alkyl halides is 6. The van der Waals surface area contributed by atoms with Crippen LogP contribution in [0.1, 0.15) is 79.3 Å². The average molecular weight is 595 g/mol. The van der Waals surface area contributed by atoms with Crippen LogP contribution in [0, 0.1) is 5.92 Å². The topological polar surface area (TPSA) is 50.1 Å². The lowest BCUT2D eigenvalue weighted by Crippen LogP contribution is -2.31. The summed E-state index contributed by atoms with van der Waals surface area (Å²) in [5.74, 6) is 0.743. The van der Waals surface area contributed by atoms with Crippen molar-refractivity contribution in [1.82, 2.24) is 20.2 Å². The molecule has 228 valence electrons. The summed E-state index contributed by atoms with van der Waals surface area (Å²) in [7, 11) is 0. The fourth-order valence-electron chi connectivity index (χ4n) is 6.21.